The van der Waals surface area contributed by atoms with E-state index in [-0.39, 0.29) is 28.5 Å². The molecule has 2 aromatic rings. The molecule has 0 aliphatic heterocycles. The summed E-state index contributed by atoms with van der Waals surface area (Å²) in [4.78, 5) is 25.5. The van der Waals surface area contributed by atoms with Gasteiger partial charge in [0.15, 0.2) is 0 Å². The number of alkyl halides is 3. The quantitative estimate of drug-likeness (QED) is 0.561. The number of hydrogen-bond donors (Lipinski definition) is 0. The molecule has 0 radical (unpaired) electrons. The van der Waals surface area contributed by atoms with Gasteiger partial charge < -0.3 is 4.74 Å². The Morgan fingerprint density at radius 3 is 2.19 bits per heavy atom. The lowest BCUT2D eigenvalue weighted by Crippen LogP contribution is -2.36. The van der Waals surface area contributed by atoms with Crippen molar-refractivity contribution in [3.8, 4) is 17.6 Å². The zero-order valence-electron chi connectivity index (χ0n) is 17.5. The molecule has 7 heteroatoms. The monoisotopic (exact) mass is 429 g/mol. The van der Waals surface area contributed by atoms with Gasteiger partial charge in [0.25, 0.3) is 0 Å². The van der Waals surface area contributed by atoms with Crippen LogP contribution in [0.3, 0.4) is 0 Å². The standard InChI is InChI=1S/C24H22F3NO3/c1-4-14-5-6-17(10-18(14)22-20(29)11-23(2,3)12-21(22)30)31-16-7-8-19(24(25,26)27)15(9-16)13-28/h5-10,22H,4,11-12H2,1-3H3. The number of benzene rings is 2. The maximum absolute atomic E-state index is 13.0. The lowest BCUT2D eigenvalue weighted by atomic mass is 9.69. The molecule has 0 atom stereocenters. The Labute approximate surface area is 178 Å². The smallest absolute Gasteiger partial charge is 0.417 e. The number of carbonyl (C=O) groups excluding carboxylic acids is 2. The van der Waals surface area contributed by atoms with Crippen LogP contribution in [-0.2, 0) is 22.2 Å². The van der Waals surface area contributed by atoms with Crippen LogP contribution in [-0.4, -0.2) is 11.6 Å². The SMILES string of the molecule is CCc1ccc(Oc2ccc(C(F)(F)F)c(C#N)c2)cc1C1C(=O)CC(C)(C)CC1=O. The van der Waals surface area contributed by atoms with Crippen LogP contribution in [0.25, 0.3) is 0 Å². The lowest BCUT2D eigenvalue weighted by molar-refractivity contribution is -0.138. The molecule has 2 aromatic carbocycles. The minimum atomic E-state index is -4.64. The van der Waals surface area contributed by atoms with E-state index in [4.69, 9.17) is 10.00 Å². The molecular formula is C24H22F3NO3. The van der Waals surface area contributed by atoms with Crippen molar-refractivity contribution >= 4 is 11.6 Å². The van der Waals surface area contributed by atoms with E-state index in [0.717, 1.165) is 23.8 Å². The van der Waals surface area contributed by atoms with Crippen LogP contribution in [0.5, 0.6) is 11.5 Å². The largest absolute Gasteiger partial charge is 0.457 e. The van der Waals surface area contributed by atoms with Crippen molar-refractivity contribution in [2.45, 2.75) is 52.1 Å². The van der Waals surface area contributed by atoms with Crippen LogP contribution in [0.15, 0.2) is 36.4 Å². The predicted octanol–water partition coefficient (Wildman–Crippen LogP) is 5.97. The van der Waals surface area contributed by atoms with E-state index in [0.29, 0.717) is 24.8 Å². The molecule has 31 heavy (non-hydrogen) atoms. The van der Waals surface area contributed by atoms with Crippen molar-refractivity contribution in [1.82, 2.24) is 0 Å². The average molecular weight is 429 g/mol. The van der Waals surface area contributed by atoms with Gasteiger partial charge in [0.2, 0.25) is 0 Å². The van der Waals surface area contributed by atoms with Crippen molar-refractivity contribution in [2.75, 3.05) is 0 Å². The highest BCUT2D eigenvalue weighted by atomic mass is 19.4. The van der Waals surface area contributed by atoms with Crippen molar-refractivity contribution in [3.05, 3.63) is 58.7 Å². The number of Topliss-reactive ketones (excluding diaryl/α,β-unsaturated/α-hetero) is 2. The summed E-state index contributed by atoms with van der Waals surface area (Å²) >= 11 is 0. The fourth-order valence-corrected chi connectivity index (χ4v) is 4.03. The topological polar surface area (TPSA) is 67.2 Å². The van der Waals surface area contributed by atoms with E-state index < -0.39 is 23.2 Å². The summed E-state index contributed by atoms with van der Waals surface area (Å²) in [6.45, 7) is 5.68. The molecule has 0 N–H and O–H groups in total. The molecule has 0 spiro atoms. The van der Waals surface area contributed by atoms with Gasteiger partial charge in [-0.05, 0) is 53.3 Å². The number of ketones is 2. The minimum absolute atomic E-state index is 0.0576. The first kappa shape index (κ1) is 22.5. The Morgan fingerprint density at radius 1 is 1.06 bits per heavy atom. The second-order valence-electron chi connectivity index (χ2n) is 8.52. The molecule has 0 saturated heterocycles. The Balaban J connectivity index is 1.96. The summed E-state index contributed by atoms with van der Waals surface area (Å²) in [6.07, 6.45) is -3.45. The Morgan fingerprint density at radius 2 is 1.65 bits per heavy atom. The fourth-order valence-electron chi connectivity index (χ4n) is 4.03. The highest BCUT2D eigenvalue weighted by Crippen LogP contribution is 2.40. The highest BCUT2D eigenvalue weighted by Gasteiger charge is 2.41. The van der Waals surface area contributed by atoms with Gasteiger partial charge in [-0.1, -0.05) is 26.8 Å². The van der Waals surface area contributed by atoms with Gasteiger partial charge in [-0.15, -0.1) is 0 Å². The van der Waals surface area contributed by atoms with Crippen LogP contribution in [0.4, 0.5) is 13.2 Å². The van der Waals surface area contributed by atoms with Gasteiger partial charge >= 0.3 is 6.18 Å². The maximum atomic E-state index is 13.0. The van der Waals surface area contributed by atoms with Crippen LogP contribution >= 0.6 is 0 Å². The van der Waals surface area contributed by atoms with Crippen LogP contribution in [0, 0.1) is 16.7 Å². The van der Waals surface area contributed by atoms with Gasteiger partial charge in [-0.3, -0.25) is 9.59 Å². The zero-order chi connectivity index (χ0) is 23.0. The molecule has 1 fully saturated rings. The van der Waals surface area contributed by atoms with E-state index >= 15 is 0 Å². The lowest BCUT2D eigenvalue weighted by Gasteiger charge is -2.33. The van der Waals surface area contributed by atoms with E-state index in [1.54, 1.807) is 18.2 Å². The Bertz CT molecular complexity index is 1060. The third-order valence-corrected chi connectivity index (χ3v) is 5.41. The molecule has 4 nitrogen and oxygen atoms in total. The van der Waals surface area contributed by atoms with Gasteiger partial charge in [0, 0.05) is 12.8 Å². The molecule has 0 unspecified atom stereocenters. The second kappa shape index (κ2) is 8.18. The number of nitriles is 1. The number of hydrogen-bond acceptors (Lipinski definition) is 4. The third kappa shape index (κ3) is 4.79. The van der Waals surface area contributed by atoms with E-state index in [2.05, 4.69) is 0 Å². The van der Waals surface area contributed by atoms with Crippen molar-refractivity contribution in [1.29, 1.82) is 5.26 Å². The first-order valence-corrected chi connectivity index (χ1v) is 9.92. The normalized spacial score (nSPS) is 16.8. The second-order valence-corrected chi connectivity index (χ2v) is 8.52. The Hall–Kier alpha value is -3.14. The number of aryl methyl sites for hydroxylation is 1. The predicted molar refractivity (Wildman–Crippen MR) is 108 cm³/mol. The first-order chi connectivity index (χ1) is 14.4. The third-order valence-electron chi connectivity index (χ3n) is 5.41. The van der Waals surface area contributed by atoms with Gasteiger partial charge in [0.05, 0.1) is 17.2 Å². The number of ether oxygens (including phenoxy) is 1. The average Bonchev–Trinajstić information content (AvgIpc) is 2.65. The van der Waals surface area contributed by atoms with E-state index in [1.807, 2.05) is 20.8 Å². The van der Waals surface area contributed by atoms with Crippen molar-refractivity contribution in [2.24, 2.45) is 5.41 Å². The van der Waals surface area contributed by atoms with Crippen LogP contribution in [0.1, 0.15) is 61.8 Å². The summed E-state index contributed by atoms with van der Waals surface area (Å²) in [5.41, 5.74) is -0.554. The van der Waals surface area contributed by atoms with Gasteiger partial charge in [-0.25, -0.2) is 0 Å². The number of nitrogens with zero attached hydrogens (tertiary/aromatic N) is 1. The van der Waals surface area contributed by atoms with E-state index in [1.165, 1.54) is 6.07 Å². The number of halogens is 3. The molecule has 1 aliphatic rings. The first-order valence-electron chi connectivity index (χ1n) is 9.92. The van der Waals surface area contributed by atoms with Crippen molar-refractivity contribution in [3.63, 3.8) is 0 Å². The zero-order valence-corrected chi connectivity index (χ0v) is 17.5. The molecule has 3 rings (SSSR count). The maximum Gasteiger partial charge on any atom is 0.417 e. The van der Waals surface area contributed by atoms with Gasteiger partial charge in [0.1, 0.15) is 29.0 Å². The molecular weight excluding hydrogens is 407 g/mol. The molecule has 0 bridgehead atoms. The summed E-state index contributed by atoms with van der Waals surface area (Å²) in [5, 5.41) is 9.07. The molecule has 1 aliphatic carbocycles. The van der Waals surface area contributed by atoms with Crippen LogP contribution in [0.2, 0.25) is 0 Å². The van der Waals surface area contributed by atoms with Crippen LogP contribution < -0.4 is 4.74 Å². The molecule has 1 saturated carbocycles. The summed E-state index contributed by atoms with van der Waals surface area (Å²) in [5.74, 6) is -0.818. The van der Waals surface area contributed by atoms with Gasteiger partial charge in [-0.2, -0.15) is 18.4 Å². The molecule has 0 heterocycles. The molecule has 162 valence electrons. The minimum Gasteiger partial charge on any atom is -0.457 e. The van der Waals surface area contributed by atoms with Crippen molar-refractivity contribution < 1.29 is 27.5 Å². The summed E-state index contributed by atoms with van der Waals surface area (Å²) in [6, 6.07) is 9.48. The molecule has 0 aromatic heterocycles. The number of rotatable bonds is 4. The summed E-state index contributed by atoms with van der Waals surface area (Å²) in [7, 11) is 0. The van der Waals surface area contributed by atoms with E-state index in [9.17, 15) is 22.8 Å². The Kier molecular flexibility index (Phi) is 5.95. The molecule has 0 amide bonds. The number of carbonyl (C=O) groups is 2. The fraction of sp³-hybridized carbons (Fsp3) is 0.375. The highest BCUT2D eigenvalue weighted by molar-refractivity contribution is 6.10. The summed E-state index contributed by atoms with van der Waals surface area (Å²) < 4.78 is 44.7.